The van der Waals surface area contributed by atoms with E-state index in [1.165, 1.54) is 23.1 Å². The molecule has 0 radical (unpaired) electrons. The van der Waals surface area contributed by atoms with E-state index >= 15 is 0 Å². The molecule has 2 N–H and O–H groups in total. The first kappa shape index (κ1) is 14.8. The number of benzene rings is 1. The Morgan fingerprint density at radius 3 is 2.65 bits per heavy atom. The Kier molecular flexibility index (Phi) is 4.32. The van der Waals surface area contributed by atoms with E-state index in [-0.39, 0.29) is 18.2 Å². The Bertz CT molecular complexity index is 488. The van der Waals surface area contributed by atoms with Crippen LogP contribution in [0.2, 0.25) is 0 Å². The lowest BCUT2D eigenvalue weighted by Gasteiger charge is -2.35. The summed E-state index contributed by atoms with van der Waals surface area (Å²) in [6, 6.07) is 4.74. The highest BCUT2D eigenvalue weighted by atomic mass is 19.4. The van der Waals surface area contributed by atoms with E-state index in [9.17, 15) is 18.0 Å². The summed E-state index contributed by atoms with van der Waals surface area (Å²) in [5.41, 5.74) is 4.44. The van der Waals surface area contributed by atoms with E-state index in [0.717, 1.165) is 25.3 Å². The number of halogens is 3. The summed E-state index contributed by atoms with van der Waals surface area (Å²) in [6.07, 6.45) is -2.03. The normalized spacial score (nSPS) is 20.0. The monoisotopic (exact) mass is 286 g/mol. The van der Waals surface area contributed by atoms with E-state index in [4.69, 9.17) is 5.73 Å². The molecule has 6 heteroatoms. The third-order valence-electron chi connectivity index (χ3n) is 3.62. The molecule has 1 aromatic rings. The maximum absolute atomic E-state index is 13.0. The minimum Gasteiger partial charge on any atom is -0.334 e. The Hall–Kier alpha value is -1.56. The first-order valence-electron chi connectivity index (χ1n) is 6.62. The van der Waals surface area contributed by atoms with Gasteiger partial charge in [-0.1, -0.05) is 12.1 Å². The van der Waals surface area contributed by atoms with Gasteiger partial charge in [-0.3, -0.25) is 4.79 Å². The van der Waals surface area contributed by atoms with Crippen LogP contribution in [0.4, 0.5) is 13.2 Å². The molecule has 1 amide bonds. The Balaban J connectivity index is 2.33. The highest BCUT2D eigenvalue weighted by Gasteiger charge is 2.37. The van der Waals surface area contributed by atoms with E-state index in [0.29, 0.717) is 6.54 Å². The van der Waals surface area contributed by atoms with Gasteiger partial charge < -0.3 is 10.6 Å². The van der Waals surface area contributed by atoms with Crippen molar-refractivity contribution in [2.24, 2.45) is 5.73 Å². The molecule has 0 spiro atoms. The minimum absolute atomic E-state index is 0.169. The van der Waals surface area contributed by atoms with Crippen LogP contribution in [0.25, 0.3) is 0 Å². The molecule has 1 atom stereocenters. The van der Waals surface area contributed by atoms with Crippen molar-refractivity contribution >= 4 is 5.91 Å². The number of alkyl halides is 3. The molecule has 1 fully saturated rings. The second-order valence-corrected chi connectivity index (χ2v) is 4.93. The fourth-order valence-corrected chi connectivity index (χ4v) is 2.58. The fourth-order valence-electron chi connectivity index (χ4n) is 2.58. The van der Waals surface area contributed by atoms with Crippen molar-refractivity contribution in [2.75, 3.05) is 13.1 Å². The van der Waals surface area contributed by atoms with Crippen molar-refractivity contribution in [3.05, 3.63) is 35.4 Å². The standard InChI is InChI=1S/C14H17F3N2O/c15-14(16,17)12-7-2-1-6-11(12)13(20)19-8-4-3-5-10(19)9-18/h1-2,6-7,10H,3-5,8-9,18H2. The van der Waals surface area contributed by atoms with Gasteiger partial charge in [0.05, 0.1) is 11.1 Å². The second-order valence-electron chi connectivity index (χ2n) is 4.93. The lowest BCUT2D eigenvalue weighted by atomic mass is 9.99. The molecule has 1 aliphatic heterocycles. The second kappa shape index (κ2) is 5.83. The van der Waals surface area contributed by atoms with Crippen molar-refractivity contribution in [3.63, 3.8) is 0 Å². The summed E-state index contributed by atoms with van der Waals surface area (Å²) in [6.45, 7) is 0.743. The molecule has 110 valence electrons. The fraction of sp³-hybridized carbons (Fsp3) is 0.500. The average molecular weight is 286 g/mol. The number of hydrogen-bond donors (Lipinski definition) is 1. The molecular formula is C14H17F3N2O. The summed E-state index contributed by atoms with van der Waals surface area (Å²) >= 11 is 0. The van der Waals surface area contributed by atoms with Crippen LogP contribution >= 0.6 is 0 Å². The van der Waals surface area contributed by atoms with Gasteiger partial charge in [-0.25, -0.2) is 0 Å². The van der Waals surface area contributed by atoms with Crippen LogP contribution in [0, 0.1) is 0 Å². The van der Waals surface area contributed by atoms with Gasteiger partial charge in [0.15, 0.2) is 0 Å². The molecule has 1 unspecified atom stereocenters. The predicted octanol–water partition coefficient (Wildman–Crippen LogP) is 2.66. The predicted molar refractivity (Wildman–Crippen MR) is 69.2 cm³/mol. The van der Waals surface area contributed by atoms with Crippen molar-refractivity contribution in [1.29, 1.82) is 0 Å². The average Bonchev–Trinajstić information content (AvgIpc) is 2.45. The molecule has 20 heavy (non-hydrogen) atoms. The summed E-state index contributed by atoms with van der Waals surface area (Å²) in [5.74, 6) is -0.576. The Labute approximate surface area is 115 Å². The highest BCUT2D eigenvalue weighted by Crippen LogP contribution is 2.33. The van der Waals surface area contributed by atoms with Crippen LogP contribution in [-0.4, -0.2) is 29.9 Å². The molecular weight excluding hydrogens is 269 g/mol. The largest absolute Gasteiger partial charge is 0.417 e. The maximum atomic E-state index is 13.0. The summed E-state index contributed by atoms with van der Waals surface area (Å²) in [5, 5.41) is 0. The first-order chi connectivity index (χ1) is 9.45. The zero-order valence-electron chi connectivity index (χ0n) is 11.0. The van der Waals surface area contributed by atoms with E-state index in [1.54, 1.807) is 0 Å². The van der Waals surface area contributed by atoms with Gasteiger partial charge in [0.25, 0.3) is 5.91 Å². The number of piperidine rings is 1. The van der Waals surface area contributed by atoms with Crippen LogP contribution in [0.1, 0.15) is 35.2 Å². The molecule has 0 aliphatic carbocycles. The maximum Gasteiger partial charge on any atom is 0.417 e. The van der Waals surface area contributed by atoms with Gasteiger partial charge in [-0.2, -0.15) is 13.2 Å². The van der Waals surface area contributed by atoms with Gasteiger partial charge in [-0.05, 0) is 31.4 Å². The lowest BCUT2D eigenvalue weighted by Crippen LogP contribution is -2.47. The number of carbonyl (C=O) groups excluding carboxylic acids is 1. The van der Waals surface area contributed by atoms with Gasteiger partial charge in [-0.15, -0.1) is 0 Å². The molecule has 1 aliphatic rings. The molecule has 0 bridgehead atoms. The number of rotatable bonds is 2. The number of nitrogens with zero attached hydrogens (tertiary/aromatic N) is 1. The molecule has 0 saturated carbocycles. The van der Waals surface area contributed by atoms with Crippen molar-refractivity contribution in [1.82, 2.24) is 4.90 Å². The van der Waals surface area contributed by atoms with E-state index < -0.39 is 17.6 Å². The summed E-state index contributed by atoms with van der Waals surface area (Å²) < 4.78 is 38.9. The smallest absolute Gasteiger partial charge is 0.334 e. The molecule has 2 rings (SSSR count). The molecule has 0 aromatic heterocycles. The van der Waals surface area contributed by atoms with Crippen molar-refractivity contribution < 1.29 is 18.0 Å². The Morgan fingerprint density at radius 1 is 1.30 bits per heavy atom. The number of hydrogen-bond acceptors (Lipinski definition) is 2. The number of carbonyl (C=O) groups is 1. The highest BCUT2D eigenvalue weighted by molar-refractivity contribution is 5.96. The molecule has 1 heterocycles. The van der Waals surface area contributed by atoms with Crippen LogP contribution in [0.15, 0.2) is 24.3 Å². The summed E-state index contributed by atoms with van der Waals surface area (Å²) in [7, 11) is 0. The molecule has 1 aromatic carbocycles. The number of likely N-dealkylation sites (tertiary alicyclic amines) is 1. The third-order valence-corrected chi connectivity index (χ3v) is 3.62. The lowest BCUT2D eigenvalue weighted by molar-refractivity contribution is -0.138. The zero-order chi connectivity index (χ0) is 14.8. The van der Waals surface area contributed by atoms with Gasteiger partial charge in [0, 0.05) is 19.1 Å². The zero-order valence-corrected chi connectivity index (χ0v) is 11.0. The Morgan fingerprint density at radius 2 is 2.00 bits per heavy atom. The van der Waals surface area contributed by atoms with E-state index in [1.807, 2.05) is 0 Å². The summed E-state index contributed by atoms with van der Waals surface area (Å²) in [4.78, 5) is 13.9. The SMILES string of the molecule is NCC1CCCCN1C(=O)c1ccccc1C(F)(F)F. The van der Waals surface area contributed by atoms with Crippen molar-refractivity contribution in [2.45, 2.75) is 31.5 Å². The first-order valence-corrected chi connectivity index (χ1v) is 6.62. The van der Waals surface area contributed by atoms with Crippen LogP contribution in [0.3, 0.4) is 0 Å². The quantitative estimate of drug-likeness (QED) is 0.908. The number of amides is 1. The number of nitrogens with two attached hydrogens (primary N) is 1. The topological polar surface area (TPSA) is 46.3 Å². The van der Waals surface area contributed by atoms with Crippen molar-refractivity contribution in [3.8, 4) is 0 Å². The molecule has 3 nitrogen and oxygen atoms in total. The van der Waals surface area contributed by atoms with Crippen LogP contribution in [-0.2, 0) is 6.18 Å². The minimum atomic E-state index is -4.53. The van der Waals surface area contributed by atoms with Gasteiger partial charge in [0.1, 0.15) is 0 Å². The van der Waals surface area contributed by atoms with Gasteiger partial charge in [0.2, 0.25) is 0 Å². The van der Waals surface area contributed by atoms with Crippen LogP contribution in [0.5, 0.6) is 0 Å². The van der Waals surface area contributed by atoms with E-state index in [2.05, 4.69) is 0 Å². The van der Waals surface area contributed by atoms with Gasteiger partial charge >= 0.3 is 6.18 Å². The van der Waals surface area contributed by atoms with Crippen LogP contribution < -0.4 is 5.73 Å². The molecule has 1 saturated heterocycles. The third kappa shape index (κ3) is 2.95.